The van der Waals surface area contributed by atoms with Crippen molar-refractivity contribution in [1.29, 1.82) is 0 Å². The van der Waals surface area contributed by atoms with Gasteiger partial charge >= 0.3 is 6.03 Å². The molecule has 0 spiro atoms. The first-order valence-corrected chi connectivity index (χ1v) is 8.65. The number of carbonyl (C=O) groups is 2. The topological polar surface area (TPSA) is 65.5 Å². The molecule has 1 N–H and O–H groups in total. The summed E-state index contributed by atoms with van der Waals surface area (Å²) in [7, 11) is 0. The van der Waals surface area contributed by atoms with Crippen molar-refractivity contribution < 1.29 is 9.59 Å². The van der Waals surface area contributed by atoms with E-state index in [9.17, 15) is 9.59 Å². The molecule has 1 aromatic heterocycles. The fraction of sp³-hybridized carbons (Fsp3) is 0.533. The molecule has 3 rings (SSSR count). The molecule has 0 atom stereocenters. The molecule has 3 amide bonds. The molecular weight excluding hydrogens is 300 g/mol. The molecule has 6 nitrogen and oxygen atoms in total. The minimum Gasteiger partial charge on any atom is -0.343 e. The molecule has 1 aromatic rings. The lowest BCUT2D eigenvalue weighted by Crippen LogP contribution is -2.44. The number of carbonyl (C=O) groups excluding carboxylic acids is 2. The summed E-state index contributed by atoms with van der Waals surface area (Å²) in [6, 6.07) is 3.59. The quantitative estimate of drug-likeness (QED) is 0.921. The summed E-state index contributed by atoms with van der Waals surface area (Å²) in [6.45, 7) is 2.76. The van der Waals surface area contributed by atoms with Crippen LogP contribution in [0.5, 0.6) is 0 Å². The molecule has 1 fully saturated rings. The molecular formula is C15H20N4O2S. The molecule has 7 heteroatoms. The smallest absolute Gasteiger partial charge is 0.322 e. The number of hydrogen-bond donors (Lipinski definition) is 1. The number of nitrogens with zero attached hydrogens (tertiary/aromatic N) is 3. The molecule has 0 aliphatic carbocycles. The van der Waals surface area contributed by atoms with Crippen molar-refractivity contribution in [3.63, 3.8) is 0 Å². The van der Waals surface area contributed by atoms with E-state index in [1.807, 2.05) is 17.0 Å². The van der Waals surface area contributed by atoms with Gasteiger partial charge in [-0.05, 0) is 25.0 Å². The van der Waals surface area contributed by atoms with Gasteiger partial charge in [-0.15, -0.1) is 11.8 Å². The lowest BCUT2D eigenvalue weighted by Gasteiger charge is -2.28. The van der Waals surface area contributed by atoms with Crippen LogP contribution in [0.25, 0.3) is 0 Å². The Kier molecular flexibility index (Phi) is 4.82. The van der Waals surface area contributed by atoms with Gasteiger partial charge in [0.15, 0.2) is 0 Å². The Morgan fingerprint density at radius 1 is 1.27 bits per heavy atom. The van der Waals surface area contributed by atoms with Gasteiger partial charge in [0.25, 0.3) is 0 Å². The van der Waals surface area contributed by atoms with E-state index in [1.165, 1.54) is 0 Å². The van der Waals surface area contributed by atoms with Crippen LogP contribution in [0.3, 0.4) is 0 Å². The van der Waals surface area contributed by atoms with Crippen molar-refractivity contribution in [1.82, 2.24) is 15.2 Å². The second kappa shape index (κ2) is 7.00. The standard InChI is InChI=1S/C15H20N4O2S/c20-13(18-8-1-2-9-18)5-7-17-15(21)19-10-11-22-14-12(19)4-3-6-16-14/h3-4,6H,1-2,5,7-11H2,(H,17,21). The van der Waals surface area contributed by atoms with Gasteiger partial charge in [0.1, 0.15) is 5.03 Å². The lowest BCUT2D eigenvalue weighted by atomic mass is 10.3. The van der Waals surface area contributed by atoms with Crippen LogP contribution >= 0.6 is 11.8 Å². The lowest BCUT2D eigenvalue weighted by molar-refractivity contribution is -0.129. The number of rotatable bonds is 3. The number of urea groups is 1. The highest BCUT2D eigenvalue weighted by Gasteiger charge is 2.24. The van der Waals surface area contributed by atoms with Crippen molar-refractivity contribution in [3.8, 4) is 0 Å². The van der Waals surface area contributed by atoms with Crippen molar-refractivity contribution in [3.05, 3.63) is 18.3 Å². The van der Waals surface area contributed by atoms with Crippen molar-refractivity contribution in [2.75, 3.05) is 36.8 Å². The Balaban J connectivity index is 1.51. The normalized spacial score (nSPS) is 17.3. The van der Waals surface area contributed by atoms with Crippen LogP contribution in [0.2, 0.25) is 0 Å². The Bertz CT molecular complexity index is 560. The number of likely N-dealkylation sites (tertiary alicyclic amines) is 1. The molecule has 2 aliphatic heterocycles. The van der Waals surface area contributed by atoms with Gasteiger partial charge < -0.3 is 10.2 Å². The third-order valence-electron chi connectivity index (χ3n) is 3.91. The van der Waals surface area contributed by atoms with Crippen LogP contribution in [0.1, 0.15) is 19.3 Å². The van der Waals surface area contributed by atoms with Gasteiger partial charge in [0.2, 0.25) is 5.91 Å². The van der Waals surface area contributed by atoms with E-state index in [0.717, 1.165) is 42.4 Å². The first-order chi connectivity index (χ1) is 10.8. The number of anilines is 1. The molecule has 0 unspecified atom stereocenters. The van der Waals surface area contributed by atoms with E-state index < -0.39 is 0 Å². The first kappa shape index (κ1) is 15.1. The molecule has 22 heavy (non-hydrogen) atoms. The molecule has 3 heterocycles. The number of aromatic nitrogens is 1. The predicted octanol–water partition coefficient (Wildman–Crippen LogP) is 1.72. The third kappa shape index (κ3) is 3.35. The van der Waals surface area contributed by atoms with Crippen molar-refractivity contribution in [2.24, 2.45) is 0 Å². The maximum absolute atomic E-state index is 12.3. The minimum absolute atomic E-state index is 0.133. The summed E-state index contributed by atoms with van der Waals surface area (Å²) in [6.07, 6.45) is 4.29. The third-order valence-corrected chi connectivity index (χ3v) is 4.89. The van der Waals surface area contributed by atoms with E-state index in [4.69, 9.17) is 0 Å². The Labute approximate surface area is 134 Å². The maximum atomic E-state index is 12.3. The van der Waals surface area contributed by atoms with Crippen molar-refractivity contribution in [2.45, 2.75) is 24.3 Å². The second-order valence-electron chi connectivity index (χ2n) is 5.40. The molecule has 0 saturated carbocycles. The largest absolute Gasteiger partial charge is 0.343 e. The van der Waals surface area contributed by atoms with E-state index >= 15 is 0 Å². The van der Waals surface area contributed by atoms with E-state index in [1.54, 1.807) is 22.9 Å². The van der Waals surface area contributed by atoms with Crippen LogP contribution < -0.4 is 10.2 Å². The van der Waals surface area contributed by atoms with E-state index in [0.29, 0.717) is 19.5 Å². The SMILES string of the molecule is O=C(CCNC(=O)N1CCSc2ncccc21)N1CCCC1. The monoisotopic (exact) mass is 320 g/mol. The van der Waals surface area contributed by atoms with Crippen LogP contribution in [-0.2, 0) is 4.79 Å². The number of hydrogen-bond acceptors (Lipinski definition) is 4. The Hall–Kier alpha value is -1.76. The average molecular weight is 320 g/mol. The van der Waals surface area contributed by atoms with Gasteiger partial charge in [0.05, 0.1) is 5.69 Å². The molecule has 118 valence electrons. The van der Waals surface area contributed by atoms with Gasteiger partial charge in [0, 0.05) is 44.5 Å². The number of amides is 3. The zero-order chi connectivity index (χ0) is 15.4. The summed E-state index contributed by atoms with van der Waals surface area (Å²) in [5.41, 5.74) is 0.849. The number of pyridine rings is 1. The summed E-state index contributed by atoms with van der Waals surface area (Å²) in [5, 5.41) is 3.74. The van der Waals surface area contributed by atoms with Crippen molar-refractivity contribution >= 4 is 29.4 Å². The molecule has 1 saturated heterocycles. The van der Waals surface area contributed by atoms with Gasteiger partial charge in [-0.25, -0.2) is 9.78 Å². The average Bonchev–Trinajstić information content (AvgIpc) is 3.08. The zero-order valence-electron chi connectivity index (χ0n) is 12.5. The Morgan fingerprint density at radius 3 is 2.91 bits per heavy atom. The predicted molar refractivity (Wildman–Crippen MR) is 86.1 cm³/mol. The molecule has 2 aliphatic rings. The number of thioether (sulfide) groups is 1. The molecule has 0 bridgehead atoms. The minimum atomic E-state index is -0.149. The summed E-state index contributed by atoms with van der Waals surface area (Å²) in [4.78, 5) is 32.1. The van der Waals surface area contributed by atoms with E-state index in [-0.39, 0.29) is 11.9 Å². The van der Waals surface area contributed by atoms with Gasteiger partial charge in [-0.1, -0.05) is 0 Å². The zero-order valence-corrected chi connectivity index (χ0v) is 13.3. The number of nitrogens with one attached hydrogen (secondary N) is 1. The van der Waals surface area contributed by atoms with Crippen LogP contribution in [0.4, 0.5) is 10.5 Å². The number of fused-ring (bicyclic) bond motifs is 1. The van der Waals surface area contributed by atoms with Crippen LogP contribution in [0, 0.1) is 0 Å². The fourth-order valence-electron chi connectivity index (χ4n) is 2.76. The second-order valence-corrected chi connectivity index (χ2v) is 6.48. The highest BCUT2D eigenvalue weighted by molar-refractivity contribution is 7.99. The summed E-state index contributed by atoms with van der Waals surface area (Å²) < 4.78 is 0. The maximum Gasteiger partial charge on any atom is 0.322 e. The van der Waals surface area contributed by atoms with E-state index in [2.05, 4.69) is 10.3 Å². The summed E-state index contributed by atoms with van der Waals surface area (Å²) >= 11 is 1.66. The highest BCUT2D eigenvalue weighted by Crippen LogP contribution is 2.32. The van der Waals surface area contributed by atoms with Gasteiger partial charge in [-0.2, -0.15) is 0 Å². The molecule has 0 aromatic carbocycles. The summed E-state index contributed by atoms with van der Waals surface area (Å²) in [5.74, 6) is 0.971. The van der Waals surface area contributed by atoms with Crippen LogP contribution in [0.15, 0.2) is 23.4 Å². The van der Waals surface area contributed by atoms with Crippen LogP contribution in [-0.4, -0.2) is 53.8 Å². The highest BCUT2D eigenvalue weighted by atomic mass is 32.2. The first-order valence-electron chi connectivity index (χ1n) is 7.66. The van der Waals surface area contributed by atoms with Gasteiger partial charge in [-0.3, -0.25) is 9.69 Å². The molecule has 0 radical (unpaired) electrons. The Morgan fingerprint density at radius 2 is 2.09 bits per heavy atom. The fourth-order valence-corrected chi connectivity index (χ4v) is 3.69.